The van der Waals surface area contributed by atoms with Gasteiger partial charge < -0.3 is 9.84 Å². The van der Waals surface area contributed by atoms with Crippen molar-refractivity contribution in [3.63, 3.8) is 0 Å². The third-order valence-corrected chi connectivity index (χ3v) is 2.79. The van der Waals surface area contributed by atoms with Crippen LogP contribution in [-0.2, 0) is 14.3 Å². The molecule has 1 aromatic carbocycles. The minimum atomic E-state index is -1.15. The summed E-state index contributed by atoms with van der Waals surface area (Å²) in [5, 5.41) is 8.89. The van der Waals surface area contributed by atoms with E-state index in [4.69, 9.17) is 9.84 Å². The highest BCUT2D eigenvalue weighted by Gasteiger charge is 2.31. The summed E-state index contributed by atoms with van der Waals surface area (Å²) < 4.78 is 5.42. The first-order valence-corrected chi connectivity index (χ1v) is 5.45. The number of carbonyl (C=O) groups is 2. The molecule has 0 amide bonds. The number of Topliss-reactive ketones (excluding diaryl/α,β-unsaturated/α-hetero) is 1. The van der Waals surface area contributed by atoms with E-state index in [-0.39, 0.29) is 17.1 Å². The number of aliphatic carboxylic acids is 1. The Hall–Kier alpha value is -2.36. The van der Waals surface area contributed by atoms with Crippen LogP contribution in [0.3, 0.4) is 0 Å². The Morgan fingerprint density at radius 1 is 1.22 bits per heavy atom. The molecule has 1 aliphatic heterocycles. The Balaban J connectivity index is 2.46. The van der Waals surface area contributed by atoms with Gasteiger partial charge in [-0.3, -0.25) is 4.79 Å². The number of carboxylic acids is 1. The van der Waals surface area contributed by atoms with Crippen molar-refractivity contribution >= 4 is 17.5 Å². The van der Waals surface area contributed by atoms with Crippen LogP contribution in [0.5, 0.6) is 0 Å². The first-order valence-electron chi connectivity index (χ1n) is 5.45. The molecule has 2 rings (SSSR count). The van der Waals surface area contributed by atoms with E-state index in [1.54, 1.807) is 6.92 Å². The van der Waals surface area contributed by atoms with Gasteiger partial charge in [-0.15, -0.1) is 0 Å². The van der Waals surface area contributed by atoms with Gasteiger partial charge in [0.2, 0.25) is 5.78 Å². The molecule has 0 aromatic heterocycles. The summed E-state index contributed by atoms with van der Waals surface area (Å²) in [4.78, 5) is 22.8. The van der Waals surface area contributed by atoms with Crippen molar-refractivity contribution in [2.75, 3.05) is 0 Å². The Morgan fingerprint density at radius 2 is 1.83 bits per heavy atom. The van der Waals surface area contributed by atoms with Crippen molar-refractivity contribution in [3.05, 3.63) is 52.8 Å². The molecule has 4 heteroatoms. The molecular weight excluding hydrogens is 232 g/mol. The number of carbonyl (C=O) groups excluding carboxylic acids is 1. The molecule has 1 heterocycles. The lowest BCUT2D eigenvalue weighted by Gasteiger charge is -2.05. The second-order valence-electron chi connectivity index (χ2n) is 4.01. The zero-order valence-electron chi connectivity index (χ0n) is 10.1. The topological polar surface area (TPSA) is 63.6 Å². The van der Waals surface area contributed by atoms with Gasteiger partial charge in [-0.05, 0) is 13.8 Å². The maximum Gasteiger partial charge on any atom is 0.335 e. The summed E-state index contributed by atoms with van der Waals surface area (Å²) in [6, 6.07) is 9.14. The number of benzene rings is 1. The van der Waals surface area contributed by atoms with E-state index in [1.807, 2.05) is 30.3 Å². The van der Waals surface area contributed by atoms with Gasteiger partial charge in [-0.2, -0.15) is 0 Å². The average Bonchev–Trinajstić information content (AvgIpc) is 2.67. The summed E-state index contributed by atoms with van der Waals surface area (Å²) in [5.74, 6) is -1.19. The molecule has 0 aliphatic carbocycles. The molecule has 0 spiro atoms. The largest absolute Gasteiger partial charge is 0.478 e. The maximum absolute atomic E-state index is 11.9. The fourth-order valence-corrected chi connectivity index (χ4v) is 1.71. The van der Waals surface area contributed by atoms with Crippen LogP contribution in [0.1, 0.15) is 19.4 Å². The normalized spacial score (nSPS) is 17.8. The molecule has 0 saturated carbocycles. The van der Waals surface area contributed by atoms with Gasteiger partial charge in [0, 0.05) is 11.1 Å². The Labute approximate surface area is 104 Å². The van der Waals surface area contributed by atoms with Crippen LogP contribution in [-0.4, -0.2) is 16.9 Å². The third kappa shape index (κ3) is 1.93. The first-order chi connectivity index (χ1) is 8.52. The predicted molar refractivity (Wildman–Crippen MR) is 65.5 cm³/mol. The quantitative estimate of drug-likeness (QED) is 0.811. The van der Waals surface area contributed by atoms with Crippen LogP contribution in [0.25, 0.3) is 5.76 Å². The number of carboxylic acid groups (broad SMARTS) is 1. The smallest absolute Gasteiger partial charge is 0.335 e. The molecule has 92 valence electrons. The zero-order valence-corrected chi connectivity index (χ0v) is 10.1. The van der Waals surface area contributed by atoms with Crippen LogP contribution >= 0.6 is 0 Å². The molecule has 0 saturated heterocycles. The van der Waals surface area contributed by atoms with Crippen molar-refractivity contribution in [1.82, 2.24) is 0 Å². The zero-order chi connectivity index (χ0) is 13.3. The Kier molecular flexibility index (Phi) is 3.02. The third-order valence-electron chi connectivity index (χ3n) is 2.79. The first kappa shape index (κ1) is 12.1. The van der Waals surface area contributed by atoms with E-state index >= 15 is 0 Å². The van der Waals surface area contributed by atoms with Gasteiger partial charge in [-0.25, -0.2) is 4.79 Å². The lowest BCUT2D eigenvalue weighted by molar-refractivity contribution is -0.133. The number of hydrogen-bond donors (Lipinski definition) is 1. The van der Waals surface area contributed by atoms with E-state index in [0.717, 1.165) is 5.56 Å². The van der Waals surface area contributed by atoms with E-state index < -0.39 is 5.97 Å². The molecule has 1 aliphatic rings. The Morgan fingerprint density at radius 3 is 2.39 bits per heavy atom. The van der Waals surface area contributed by atoms with Gasteiger partial charge >= 0.3 is 5.97 Å². The highest BCUT2D eigenvalue weighted by molar-refractivity contribution is 6.17. The number of ketones is 1. The summed E-state index contributed by atoms with van der Waals surface area (Å²) in [6.45, 7) is 2.99. The molecule has 0 fully saturated rings. The van der Waals surface area contributed by atoms with Crippen molar-refractivity contribution in [2.45, 2.75) is 13.8 Å². The fourth-order valence-electron chi connectivity index (χ4n) is 1.71. The van der Waals surface area contributed by atoms with Crippen molar-refractivity contribution in [2.24, 2.45) is 0 Å². The summed E-state index contributed by atoms with van der Waals surface area (Å²) in [5.41, 5.74) is 1.11. The standard InChI is InChI=1S/C14H12O4/c1-8-11(15)13(9(2)14(16)17)18-12(8)10-6-4-3-5-7-10/h3-7H,1-2H3,(H,16,17). The minimum Gasteiger partial charge on any atom is -0.478 e. The monoisotopic (exact) mass is 244 g/mol. The van der Waals surface area contributed by atoms with E-state index in [9.17, 15) is 9.59 Å². The summed E-state index contributed by atoms with van der Waals surface area (Å²) >= 11 is 0. The fraction of sp³-hybridized carbons (Fsp3) is 0.143. The Bertz CT molecular complexity index is 579. The van der Waals surface area contributed by atoms with Crippen molar-refractivity contribution in [1.29, 1.82) is 0 Å². The summed E-state index contributed by atoms with van der Waals surface area (Å²) in [7, 11) is 0. The number of allylic oxidation sites excluding steroid dienone is 1. The predicted octanol–water partition coefficient (Wildman–Crippen LogP) is 2.38. The van der Waals surface area contributed by atoms with Gasteiger partial charge in [-0.1, -0.05) is 30.3 Å². The number of hydrogen-bond acceptors (Lipinski definition) is 3. The van der Waals surface area contributed by atoms with Gasteiger partial charge in [0.1, 0.15) is 5.76 Å². The minimum absolute atomic E-state index is 0.0784. The van der Waals surface area contributed by atoms with E-state index in [0.29, 0.717) is 11.3 Å². The van der Waals surface area contributed by atoms with E-state index in [2.05, 4.69) is 0 Å². The molecule has 0 radical (unpaired) electrons. The van der Waals surface area contributed by atoms with Gasteiger partial charge in [0.15, 0.2) is 5.76 Å². The molecule has 4 nitrogen and oxygen atoms in total. The summed E-state index contributed by atoms with van der Waals surface area (Å²) in [6.07, 6.45) is 0. The SMILES string of the molecule is CC(C(=O)O)=C1OC(c2ccccc2)=C(C)C1=O. The molecule has 0 atom stereocenters. The molecular formula is C14H12O4. The van der Waals surface area contributed by atoms with Crippen LogP contribution < -0.4 is 0 Å². The molecule has 1 aromatic rings. The van der Waals surface area contributed by atoms with Crippen LogP contribution in [0.2, 0.25) is 0 Å². The number of rotatable bonds is 2. The molecule has 0 unspecified atom stereocenters. The van der Waals surface area contributed by atoms with Gasteiger partial charge in [0.25, 0.3) is 0 Å². The highest BCUT2D eigenvalue weighted by Crippen LogP contribution is 2.33. The van der Waals surface area contributed by atoms with Gasteiger partial charge in [0.05, 0.1) is 5.57 Å². The van der Waals surface area contributed by atoms with Crippen LogP contribution in [0.4, 0.5) is 0 Å². The van der Waals surface area contributed by atoms with Crippen LogP contribution in [0, 0.1) is 0 Å². The second kappa shape index (κ2) is 4.49. The lowest BCUT2D eigenvalue weighted by Crippen LogP contribution is -2.07. The average molecular weight is 244 g/mol. The molecule has 0 bridgehead atoms. The number of ether oxygens (including phenoxy) is 1. The second-order valence-corrected chi connectivity index (χ2v) is 4.01. The maximum atomic E-state index is 11.9. The highest BCUT2D eigenvalue weighted by atomic mass is 16.5. The molecule has 18 heavy (non-hydrogen) atoms. The van der Waals surface area contributed by atoms with E-state index in [1.165, 1.54) is 6.92 Å². The molecule has 1 N–H and O–H groups in total. The van der Waals surface area contributed by atoms with Crippen molar-refractivity contribution in [3.8, 4) is 0 Å². The van der Waals surface area contributed by atoms with Crippen LogP contribution in [0.15, 0.2) is 47.2 Å². The van der Waals surface area contributed by atoms with Crippen molar-refractivity contribution < 1.29 is 19.4 Å². The lowest BCUT2D eigenvalue weighted by atomic mass is 10.1.